The van der Waals surface area contributed by atoms with E-state index in [1.807, 2.05) is 6.07 Å². The van der Waals surface area contributed by atoms with Crippen molar-refractivity contribution < 1.29 is 13.1 Å². The third-order valence-corrected chi connectivity index (χ3v) is 1.47. The fourth-order valence-corrected chi connectivity index (χ4v) is 0.838. The standard InChI is InChI=1S/C9H12.2ClH.Fe/c1-8(2)9-6-4-3-5-7-9;;;/h3-8H,1-2H3;2*1H;/q;;;+2/p-2. The molecule has 3 heteroatoms. The predicted molar refractivity (Wildman–Crippen MR) is 52.2 cm³/mol. The van der Waals surface area contributed by atoms with Gasteiger partial charge in [0.15, 0.2) is 0 Å². The van der Waals surface area contributed by atoms with E-state index in [4.69, 9.17) is 20.2 Å². The second-order valence-electron chi connectivity index (χ2n) is 2.62. The zero-order valence-corrected chi connectivity index (χ0v) is 9.69. The van der Waals surface area contributed by atoms with Crippen LogP contribution in [0.4, 0.5) is 0 Å². The van der Waals surface area contributed by atoms with Gasteiger partial charge in [-0.2, -0.15) is 0 Å². The van der Waals surface area contributed by atoms with Gasteiger partial charge in [0.2, 0.25) is 0 Å². The Balaban J connectivity index is 0.000000354. The zero-order valence-electron chi connectivity index (χ0n) is 7.07. The fraction of sp³-hybridized carbons (Fsp3) is 0.333. The molecule has 0 saturated heterocycles. The molecule has 70 valence electrons. The van der Waals surface area contributed by atoms with Crippen molar-refractivity contribution in [1.82, 2.24) is 0 Å². The van der Waals surface area contributed by atoms with Gasteiger partial charge in [0.25, 0.3) is 0 Å². The Hall–Kier alpha value is 0.319. The van der Waals surface area contributed by atoms with Crippen LogP contribution in [0.25, 0.3) is 0 Å². The molecule has 0 aliphatic heterocycles. The van der Waals surface area contributed by atoms with E-state index in [-0.39, 0.29) is 13.1 Å². The van der Waals surface area contributed by atoms with Crippen LogP contribution in [-0.4, -0.2) is 0 Å². The molecule has 0 atom stereocenters. The molecule has 0 aromatic heterocycles. The molecule has 0 aliphatic rings. The first-order valence-electron chi connectivity index (χ1n) is 3.62. The molecule has 0 radical (unpaired) electrons. The quantitative estimate of drug-likeness (QED) is 0.652. The van der Waals surface area contributed by atoms with Gasteiger partial charge < -0.3 is 0 Å². The van der Waals surface area contributed by atoms with Gasteiger partial charge in [-0.1, -0.05) is 44.2 Å². The van der Waals surface area contributed by atoms with E-state index in [2.05, 4.69) is 38.1 Å². The molecule has 0 heterocycles. The number of hydrogen-bond acceptors (Lipinski definition) is 0. The average Bonchev–Trinajstić information content (AvgIpc) is 2.07. The van der Waals surface area contributed by atoms with Gasteiger partial charge in [0, 0.05) is 0 Å². The summed E-state index contributed by atoms with van der Waals surface area (Å²) in [7, 11) is 9.53. The molecule has 0 amide bonds. The van der Waals surface area contributed by atoms with Gasteiger partial charge in [-0.15, -0.1) is 0 Å². The third-order valence-electron chi connectivity index (χ3n) is 1.47. The summed E-state index contributed by atoms with van der Waals surface area (Å²) in [4.78, 5) is 0. The first-order chi connectivity index (χ1) is 5.72. The van der Waals surface area contributed by atoms with E-state index in [9.17, 15) is 0 Å². The van der Waals surface area contributed by atoms with Crippen molar-refractivity contribution in [2.75, 3.05) is 0 Å². The van der Waals surface area contributed by atoms with E-state index in [1.54, 1.807) is 0 Å². The van der Waals surface area contributed by atoms with Crippen LogP contribution >= 0.6 is 20.2 Å². The summed E-state index contributed by atoms with van der Waals surface area (Å²) in [6.45, 7) is 4.41. The maximum atomic E-state index is 4.76. The molecule has 0 saturated carbocycles. The van der Waals surface area contributed by atoms with Crippen LogP contribution in [-0.2, 0) is 13.1 Å². The Labute approximate surface area is 88.9 Å². The number of benzene rings is 1. The second kappa shape index (κ2) is 7.94. The minimum absolute atomic E-state index is 0.194. The topological polar surface area (TPSA) is 0 Å². The van der Waals surface area contributed by atoms with Gasteiger partial charge in [-0.3, -0.25) is 0 Å². The number of halogens is 2. The molecule has 1 aromatic carbocycles. The van der Waals surface area contributed by atoms with Crippen LogP contribution in [0.3, 0.4) is 0 Å². The van der Waals surface area contributed by atoms with Gasteiger partial charge in [0.05, 0.1) is 0 Å². The second-order valence-corrected chi connectivity index (χ2v) is 4.44. The monoisotopic (exact) mass is 246 g/mol. The fourth-order valence-electron chi connectivity index (χ4n) is 0.838. The molecule has 0 fully saturated rings. The summed E-state index contributed by atoms with van der Waals surface area (Å²) in [5, 5.41) is 0. The molecule has 0 aliphatic carbocycles. The van der Waals surface area contributed by atoms with Crippen LogP contribution < -0.4 is 0 Å². The van der Waals surface area contributed by atoms with Gasteiger partial charge >= 0.3 is 33.3 Å². The Morgan fingerprint density at radius 1 is 1.08 bits per heavy atom. The van der Waals surface area contributed by atoms with Gasteiger partial charge in [-0.05, 0) is 11.5 Å². The van der Waals surface area contributed by atoms with E-state index >= 15 is 0 Å². The molecule has 0 N–H and O–H groups in total. The Morgan fingerprint density at radius 2 is 1.50 bits per heavy atom. The van der Waals surface area contributed by atoms with Crippen LogP contribution in [0.5, 0.6) is 0 Å². The van der Waals surface area contributed by atoms with E-state index in [1.165, 1.54) is 5.56 Å². The number of rotatable bonds is 1. The molecular weight excluding hydrogens is 235 g/mol. The first kappa shape index (κ1) is 12.3. The van der Waals surface area contributed by atoms with Crippen molar-refractivity contribution in [3.05, 3.63) is 35.9 Å². The van der Waals surface area contributed by atoms with Gasteiger partial charge in [0.1, 0.15) is 0 Å². The van der Waals surface area contributed by atoms with Crippen LogP contribution in [0, 0.1) is 0 Å². The average molecular weight is 247 g/mol. The van der Waals surface area contributed by atoms with Crippen LogP contribution in [0.1, 0.15) is 25.3 Å². The van der Waals surface area contributed by atoms with E-state index in [0.717, 1.165) is 0 Å². The third kappa shape index (κ3) is 5.91. The Bertz CT molecular complexity index is 187. The van der Waals surface area contributed by atoms with Crippen molar-refractivity contribution in [2.24, 2.45) is 0 Å². The normalized spacial score (nSPS) is 9.42. The molecule has 1 rings (SSSR count). The van der Waals surface area contributed by atoms with Crippen molar-refractivity contribution in [3.63, 3.8) is 0 Å². The van der Waals surface area contributed by atoms with Crippen LogP contribution in [0.15, 0.2) is 30.3 Å². The van der Waals surface area contributed by atoms with Crippen molar-refractivity contribution in [3.8, 4) is 0 Å². The maximum absolute atomic E-state index is 4.76. The zero-order chi connectivity index (χ0) is 9.40. The molecule has 0 nitrogen and oxygen atoms in total. The van der Waals surface area contributed by atoms with Crippen LogP contribution in [0.2, 0.25) is 0 Å². The summed E-state index contributed by atoms with van der Waals surface area (Å²) in [6.07, 6.45) is 0. The Kier molecular flexibility index (Phi) is 8.15. The Morgan fingerprint density at radius 3 is 1.75 bits per heavy atom. The minimum atomic E-state index is 0.194. The molecule has 0 unspecified atom stereocenters. The summed E-state index contributed by atoms with van der Waals surface area (Å²) >= 11 is 0.194. The van der Waals surface area contributed by atoms with Crippen molar-refractivity contribution in [2.45, 2.75) is 19.8 Å². The van der Waals surface area contributed by atoms with Crippen molar-refractivity contribution >= 4 is 20.2 Å². The molecule has 12 heavy (non-hydrogen) atoms. The SMILES string of the molecule is CC(C)c1ccccc1.[Cl][Fe][Cl]. The van der Waals surface area contributed by atoms with E-state index in [0.29, 0.717) is 5.92 Å². The number of hydrogen-bond donors (Lipinski definition) is 0. The summed E-state index contributed by atoms with van der Waals surface area (Å²) in [6, 6.07) is 10.5. The summed E-state index contributed by atoms with van der Waals surface area (Å²) in [5.41, 5.74) is 1.41. The summed E-state index contributed by atoms with van der Waals surface area (Å²) < 4.78 is 0. The van der Waals surface area contributed by atoms with E-state index < -0.39 is 0 Å². The predicted octanol–water partition coefficient (Wildman–Crippen LogP) is 4.19. The molecule has 0 spiro atoms. The van der Waals surface area contributed by atoms with Gasteiger partial charge in [-0.25, -0.2) is 0 Å². The first-order valence-corrected chi connectivity index (χ1v) is 6.66. The van der Waals surface area contributed by atoms with Crippen molar-refractivity contribution in [1.29, 1.82) is 0 Å². The summed E-state index contributed by atoms with van der Waals surface area (Å²) in [5.74, 6) is 0.659. The molecule has 0 bridgehead atoms. The molecular formula is C9H12Cl2Fe. The molecule has 1 aromatic rings.